The Kier molecular flexibility index (Phi) is 5.84. The van der Waals surface area contributed by atoms with Gasteiger partial charge in [0.25, 0.3) is 5.91 Å². The first-order valence-corrected chi connectivity index (χ1v) is 10.4. The quantitative estimate of drug-likeness (QED) is 0.510. The molecule has 1 heterocycles. The molecule has 2 atom stereocenters. The molecule has 2 N–H and O–H groups in total. The van der Waals surface area contributed by atoms with E-state index in [1.165, 1.54) is 4.90 Å². The van der Waals surface area contributed by atoms with Gasteiger partial charge in [-0.1, -0.05) is 36.4 Å². The summed E-state index contributed by atoms with van der Waals surface area (Å²) in [6, 6.07) is 6.40. The van der Waals surface area contributed by atoms with Crippen LogP contribution in [0.3, 0.4) is 0 Å². The van der Waals surface area contributed by atoms with Crippen molar-refractivity contribution < 1.29 is 19.4 Å². The molecule has 2 amide bonds. The predicted molar refractivity (Wildman–Crippen MR) is 124 cm³/mol. The normalized spacial score (nSPS) is 18.8. The van der Waals surface area contributed by atoms with Crippen molar-refractivity contribution in [3.8, 4) is 0 Å². The first-order chi connectivity index (χ1) is 16.2. The highest BCUT2D eigenvalue weighted by Crippen LogP contribution is 2.39. The van der Waals surface area contributed by atoms with Gasteiger partial charge in [0.05, 0.1) is 27.5 Å². The van der Waals surface area contributed by atoms with Gasteiger partial charge >= 0.3 is 11.4 Å². The Morgan fingerprint density at radius 3 is 2.35 bits per heavy atom. The summed E-state index contributed by atoms with van der Waals surface area (Å²) in [5.41, 5.74) is 0.261. The Balaban J connectivity index is 1.79. The van der Waals surface area contributed by atoms with Gasteiger partial charge in [0, 0.05) is 17.8 Å². The van der Waals surface area contributed by atoms with Crippen molar-refractivity contribution >= 4 is 34.6 Å². The van der Waals surface area contributed by atoms with E-state index in [9.17, 15) is 29.8 Å². The fourth-order valence-corrected chi connectivity index (χ4v) is 4.05. The highest BCUT2D eigenvalue weighted by atomic mass is 16.6. The molecule has 0 unspecified atom stereocenters. The smallest absolute Gasteiger partial charge is 0.300 e. The van der Waals surface area contributed by atoms with Crippen LogP contribution in [0.2, 0.25) is 0 Å². The summed E-state index contributed by atoms with van der Waals surface area (Å²) in [5.74, 6) is -1.11. The van der Waals surface area contributed by atoms with Gasteiger partial charge in [-0.15, -0.1) is 0 Å². The largest absolute Gasteiger partial charge is 0.346 e. The van der Waals surface area contributed by atoms with E-state index in [4.69, 9.17) is 0 Å². The molecular weight excluding hydrogens is 442 g/mol. The maximum Gasteiger partial charge on any atom is 0.300 e. The summed E-state index contributed by atoms with van der Waals surface area (Å²) in [6.45, 7) is 3.32. The molecule has 0 spiro atoms. The van der Waals surface area contributed by atoms with E-state index >= 15 is 0 Å². The van der Waals surface area contributed by atoms with E-state index in [2.05, 4.69) is 10.6 Å². The van der Waals surface area contributed by atoms with E-state index in [1.54, 1.807) is 43.4 Å². The summed E-state index contributed by atoms with van der Waals surface area (Å²) in [4.78, 5) is 49.0. The van der Waals surface area contributed by atoms with Crippen LogP contribution in [0, 0.1) is 34.1 Å². The first kappa shape index (κ1) is 22.6. The number of anilines is 2. The predicted octanol–water partition coefficient (Wildman–Crippen LogP) is 3.30. The van der Waals surface area contributed by atoms with Gasteiger partial charge in [-0.2, -0.15) is 0 Å². The van der Waals surface area contributed by atoms with Crippen molar-refractivity contribution in [2.75, 3.05) is 11.9 Å². The Morgan fingerprint density at radius 1 is 1.06 bits per heavy atom. The minimum Gasteiger partial charge on any atom is -0.346 e. The first-order valence-electron chi connectivity index (χ1n) is 10.4. The number of nitro benzene ring substituents is 2. The number of carbonyl (C=O) groups is 2. The Morgan fingerprint density at radius 2 is 1.71 bits per heavy atom. The van der Waals surface area contributed by atoms with Crippen molar-refractivity contribution in [3.05, 3.63) is 91.6 Å². The van der Waals surface area contributed by atoms with Crippen molar-refractivity contribution in [2.24, 2.45) is 0 Å². The number of nitro groups is 2. The summed E-state index contributed by atoms with van der Waals surface area (Å²) in [6.07, 6.45) is 6.91. The monoisotopic (exact) mass is 463 g/mol. The number of hydrogen-bond donors (Lipinski definition) is 2. The fraction of sp³-hybridized carbons (Fsp3) is 0.217. The number of nitrogens with zero attached hydrogens (tertiary/aromatic N) is 3. The molecular formula is C23H21N5O6. The van der Waals surface area contributed by atoms with Gasteiger partial charge in [0.15, 0.2) is 5.69 Å². The lowest BCUT2D eigenvalue weighted by molar-refractivity contribution is -0.392. The Bertz CT molecular complexity index is 1250. The third-order valence-corrected chi connectivity index (χ3v) is 5.76. The standard InChI is InChI=1S/C23H21N5O6/c1-13-7-8-14(2)17(9-13)25-22-19(27(31)32)10-15(11-20(22)28(33)34)23(30)26-12-21(29)24-16-5-3-4-6-18(16)26/h3-11,16,18,25H,12H2,1-2H3,(H,24,29)/t16-,18+/m0/s1. The number of allylic oxidation sites excluding steroid dienone is 2. The van der Waals surface area contributed by atoms with Crippen LogP contribution in [0.25, 0.3) is 0 Å². The molecule has 4 rings (SSSR count). The van der Waals surface area contributed by atoms with Crippen LogP contribution in [0.5, 0.6) is 0 Å². The van der Waals surface area contributed by atoms with Crippen LogP contribution in [-0.4, -0.2) is 45.2 Å². The average Bonchev–Trinajstić information content (AvgIpc) is 2.80. The highest BCUT2D eigenvalue weighted by Gasteiger charge is 2.38. The lowest BCUT2D eigenvalue weighted by atomic mass is 9.97. The van der Waals surface area contributed by atoms with Crippen LogP contribution in [0.15, 0.2) is 54.6 Å². The number of fused-ring (bicyclic) bond motifs is 1. The number of aryl methyl sites for hydroxylation is 2. The van der Waals surface area contributed by atoms with E-state index in [0.717, 1.165) is 23.3 Å². The molecule has 11 heteroatoms. The zero-order valence-corrected chi connectivity index (χ0v) is 18.3. The van der Waals surface area contributed by atoms with Crippen molar-refractivity contribution in [2.45, 2.75) is 25.9 Å². The third kappa shape index (κ3) is 4.22. The van der Waals surface area contributed by atoms with Gasteiger partial charge in [-0.3, -0.25) is 29.8 Å². The maximum absolute atomic E-state index is 13.3. The fourth-order valence-electron chi connectivity index (χ4n) is 4.05. The second kappa shape index (κ2) is 8.77. The average molecular weight is 463 g/mol. The number of piperazine rings is 1. The van der Waals surface area contributed by atoms with Gasteiger partial charge in [0.2, 0.25) is 5.91 Å². The molecule has 1 fully saturated rings. The zero-order chi connectivity index (χ0) is 24.6. The number of amides is 2. The van der Waals surface area contributed by atoms with Crippen molar-refractivity contribution in [1.82, 2.24) is 10.2 Å². The molecule has 1 aliphatic carbocycles. The number of carbonyl (C=O) groups excluding carboxylic acids is 2. The summed E-state index contributed by atoms with van der Waals surface area (Å²) in [7, 11) is 0. The lowest BCUT2D eigenvalue weighted by Crippen LogP contribution is -2.61. The molecule has 11 nitrogen and oxygen atoms in total. The van der Waals surface area contributed by atoms with Crippen molar-refractivity contribution in [1.29, 1.82) is 0 Å². The number of hydrogen-bond acceptors (Lipinski definition) is 7. The maximum atomic E-state index is 13.3. The summed E-state index contributed by atoms with van der Waals surface area (Å²) < 4.78 is 0. The van der Waals surface area contributed by atoms with E-state index < -0.39 is 45.1 Å². The van der Waals surface area contributed by atoms with Gasteiger partial charge in [0.1, 0.15) is 6.54 Å². The van der Waals surface area contributed by atoms with Gasteiger partial charge in [-0.25, -0.2) is 0 Å². The van der Waals surface area contributed by atoms with Crippen molar-refractivity contribution in [3.63, 3.8) is 0 Å². The van der Waals surface area contributed by atoms with E-state index in [-0.39, 0.29) is 17.8 Å². The van der Waals surface area contributed by atoms with E-state index in [1.807, 2.05) is 13.0 Å². The third-order valence-electron chi connectivity index (χ3n) is 5.76. The van der Waals surface area contributed by atoms with Crippen LogP contribution in [0.1, 0.15) is 21.5 Å². The number of rotatable bonds is 5. The SMILES string of the molecule is Cc1ccc(C)c(Nc2c([N+](=O)[O-])cc(C(=O)N3CC(=O)N[C@H]4C=CC=C[C@H]43)cc2[N+](=O)[O-])c1. The molecule has 0 bridgehead atoms. The topological polar surface area (TPSA) is 148 Å². The van der Waals surface area contributed by atoms with Crippen LogP contribution in [-0.2, 0) is 4.79 Å². The lowest BCUT2D eigenvalue weighted by Gasteiger charge is -2.39. The highest BCUT2D eigenvalue weighted by molar-refractivity contribution is 6.00. The van der Waals surface area contributed by atoms with Gasteiger partial charge < -0.3 is 15.5 Å². The summed E-state index contributed by atoms with van der Waals surface area (Å²) in [5, 5.41) is 29.4. The molecule has 2 aliphatic rings. The van der Waals surface area contributed by atoms with Crippen LogP contribution < -0.4 is 10.6 Å². The zero-order valence-electron chi connectivity index (χ0n) is 18.3. The number of benzene rings is 2. The molecule has 0 radical (unpaired) electrons. The summed E-state index contributed by atoms with van der Waals surface area (Å²) >= 11 is 0. The second-order valence-corrected chi connectivity index (χ2v) is 8.13. The van der Waals surface area contributed by atoms with Crippen LogP contribution >= 0.6 is 0 Å². The molecule has 1 saturated heterocycles. The molecule has 1 aliphatic heterocycles. The number of nitrogens with one attached hydrogen (secondary N) is 2. The Labute approximate surface area is 194 Å². The molecule has 0 saturated carbocycles. The molecule has 34 heavy (non-hydrogen) atoms. The van der Waals surface area contributed by atoms with E-state index in [0.29, 0.717) is 5.69 Å². The minimum atomic E-state index is -0.772. The Hall–Kier alpha value is -4.54. The second-order valence-electron chi connectivity index (χ2n) is 8.13. The molecule has 2 aromatic carbocycles. The van der Waals surface area contributed by atoms with Crippen LogP contribution in [0.4, 0.5) is 22.7 Å². The molecule has 0 aromatic heterocycles. The molecule has 2 aromatic rings. The van der Waals surface area contributed by atoms with Gasteiger partial charge in [-0.05, 0) is 31.0 Å². The minimum absolute atomic E-state index is 0.249. The molecule has 174 valence electrons.